The maximum Gasteiger partial charge on any atom is 0.407 e. The van der Waals surface area contributed by atoms with E-state index in [0.29, 0.717) is 48.5 Å². The van der Waals surface area contributed by atoms with E-state index in [1.165, 1.54) is 13.2 Å². The lowest BCUT2D eigenvalue weighted by Gasteiger charge is -2.24. The molecule has 1 saturated heterocycles. The highest BCUT2D eigenvalue weighted by molar-refractivity contribution is 5.83. The van der Waals surface area contributed by atoms with Crippen molar-refractivity contribution in [2.45, 2.75) is 26.2 Å². The average Bonchev–Trinajstić information content (AvgIpc) is 3.22. The van der Waals surface area contributed by atoms with Gasteiger partial charge in [0, 0.05) is 42.6 Å². The topological polar surface area (TPSA) is 83.9 Å². The quantitative estimate of drug-likeness (QED) is 0.632. The number of carbonyl (C=O) groups excluding carboxylic acids is 1. The van der Waals surface area contributed by atoms with Crippen molar-refractivity contribution in [3.05, 3.63) is 35.6 Å². The summed E-state index contributed by atoms with van der Waals surface area (Å²) in [6, 6.07) is 6.69. The van der Waals surface area contributed by atoms with Gasteiger partial charge in [0.1, 0.15) is 5.82 Å². The Morgan fingerprint density at radius 2 is 2.13 bits per heavy atom. The summed E-state index contributed by atoms with van der Waals surface area (Å²) in [7, 11) is 1.52. The Hall–Kier alpha value is -2.45. The van der Waals surface area contributed by atoms with Crippen molar-refractivity contribution < 1.29 is 23.8 Å². The van der Waals surface area contributed by atoms with Gasteiger partial charge in [-0.05, 0) is 43.0 Å². The second kappa shape index (κ2) is 10.7. The summed E-state index contributed by atoms with van der Waals surface area (Å²) in [5, 5.41) is 13.7. The number of halogens is 1. The van der Waals surface area contributed by atoms with Gasteiger partial charge in [0.2, 0.25) is 5.88 Å². The van der Waals surface area contributed by atoms with Crippen molar-refractivity contribution >= 4 is 17.0 Å². The summed E-state index contributed by atoms with van der Waals surface area (Å²) >= 11 is 0. The molecule has 0 spiro atoms. The molecule has 2 N–H and O–H groups in total. The van der Waals surface area contributed by atoms with Crippen molar-refractivity contribution in [2.24, 2.45) is 11.8 Å². The highest BCUT2D eigenvalue weighted by Gasteiger charge is 2.28. The summed E-state index contributed by atoms with van der Waals surface area (Å²) in [6.07, 6.45) is 0.533. The van der Waals surface area contributed by atoms with Crippen LogP contribution in [0.25, 0.3) is 10.9 Å². The molecule has 3 rings (SSSR count). The molecule has 0 radical (unpaired) electrons. The highest BCUT2D eigenvalue weighted by atomic mass is 19.1. The summed E-state index contributed by atoms with van der Waals surface area (Å²) in [5.74, 6) is 0.213. The van der Waals surface area contributed by atoms with E-state index in [-0.39, 0.29) is 12.4 Å². The van der Waals surface area contributed by atoms with Crippen LogP contribution >= 0.6 is 0 Å². The third kappa shape index (κ3) is 6.04. The van der Waals surface area contributed by atoms with Gasteiger partial charge in [0.25, 0.3) is 0 Å². The van der Waals surface area contributed by atoms with Crippen molar-refractivity contribution in [3.8, 4) is 5.88 Å². The average molecular weight is 434 g/mol. The van der Waals surface area contributed by atoms with E-state index in [4.69, 9.17) is 9.47 Å². The minimum Gasteiger partial charge on any atom is -0.481 e. The number of alkyl carbamates (subject to hydrolysis) is 1. The number of ether oxygens (including phenoxy) is 2. The van der Waals surface area contributed by atoms with Crippen LogP contribution in [0.4, 0.5) is 9.18 Å². The van der Waals surface area contributed by atoms with Crippen LogP contribution in [-0.4, -0.2) is 67.6 Å². The molecule has 1 aliphatic rings. The third-order valence-corrected chi connectivity index (χ3v) is 5.59. The number of aromatic nitrogens is 1. The zero-order valence-corrected chi connectivity index (χ0v) is 18.4. The van der Waals surface area contributed by atoms with Crippen LogP contribution < -0.4 is 10.1 Å². The number of aliphatic hydroxyl groups excluding tert-OH is 1. The van der Waals surface area contributed by atoms with Crippen LogP contribution in [-0.2, 0) is 4.74 Å². The number of aliphatic hydroxyl groups is 1. The first-order valence-corrected chi connectivity index (χ1v) is 10.8. The monoisotopic (exact) mass is 433 g/mol. The fourth-order valence-electron chi connectivity index (χ4n) is 3.99. The molecule has 0 bridgehead atoms. The number of pyridine rings is 1. The number of hydrogen-bond donors (Lipinski definition) is 2. The Bertz CT molecular complexity index is 892. The Kier molecular flexibility index (Phi) is 8.03. The zero-order valence-electron chi connectivity index (χ0n) is 18.4. The van der Waals surface area contributed by atoms with E-state index >= 15 is 0 Å². The second-order valence-corrected chi connectivity index (χ2v) is 8.55. The van der Waals surface area contributed by atoms with E-state index in [2.05, 4.69) is 15.2 Å². The number of nitrogens with one attached hydrogen (secondary N) is 1. The number of benzene rings is 1. The number of likely N-dealkylation sites (tertiary alicyclic amines) is 1. The fraction of sp³-hybridized carbons (Fsp3) is 0.565. The first-order chi connectivity index (χ1) is 14.9. The van der Waals surface area contributed by atoms with Gasteiger partial charge in [0.15, 0.2) is 0 Å². The molecule has 1 aromatic carbocycles. The number of rotatable bonds is 9. The molecule has 1 unspecified atom stereocenters. The van der Waals surface area contributed by atoms with Crippen LogP contribution in [0.3, 0.4) is 0 Å². The molecule has 8 heteroatoms. The molecule has 0 saturated carbocycles. The molecule has 1 aromatic heterocycles. The Morgan fingerprint density at radius 3 is 2.84 bits per heavy atom. The van der Waals surface area contributed by atoms with Crippen molar-refractivity contribution in [1.82, 2.24) is 15.2 Å². The number of hydrogen-bond acceptors (Lipinski definition) is 6. The Labute approximate surface area is 182 Å². The minimum absolute atomic E-state index is 0.185. The maximum atomic E-state index is 14.8. The largest absolute Gasteiger partial charge is 0.481 e. The van der Waals surface area contributed by atoms with Gasteiger partial charge in [-0.1, -0.05) is 13.8 Å². The van der Waals surface area contributed by atoms with E-state index in [0.717, 1.165) is 24.9 Å². The number of carbonyl (C=O) groups is 1. The molecule has 2 atom stereocenters. The standard InChI is InChI=1S/C23H32FN3O4/c1-15(2)14-31-23(29)25-10-16-8-9-27(11-16)12-18(13-28)21-19(24)6-4-17-5-7-20(30-3)26-22(17)21/h4-7,15-16,18,28H,8-14H2,1-3H3,(H,25,29)/t16-,18?/m1/s1. The summed E-state index contributed by atoms with van der Waals surface area (Å²) < 4.78 is 25.2. The lowest BCUT2D eigenvalue weighted by molar-refractivity contribution is 0.131. The number of methoxy groups -OCH3 is 1. The fourth-order valence-corrected chi connectivity index (χ4v) is 3.99. The first-order valence-electron chi connectivity index (χ1n) is 10.8. The molecular formula is C23H32FN3O4. The summed E-state index contributed by atoms with van der Waals surface area (Å²) in [4.78, 5) is 18.4. The molecule has 31 heavy (non-hydrogen) atoms. The van der Waals surface area contributed by atoms with Gasteiger partial charge >= 0.3 is 6.09 Å². The molecule has 2 heterocycles. The Balaban J connectivity index is 1.63. The maximum absolute atomic E-state index is 14.8. The molecule has 1 aliphatic heterocycles. The molecule has 0 aliphatic carbocycles. The summed E-state index contributed by atoms with van der Waals surface area (Å²) in [6.45, 7) is 6.84. The lowest BCUT2D eigenvalue weighted by atomic mass is 9.95. The highest BCUT2D eigenvalue weighted by Crippen LogP contribution is 2.30. The van der Waals surface area contributed by atoms with Gasteiger partial charge in [-0.3, -0.25) is 0 Å². The molecule has 1 amide bonds. The van der Waals surface area contributed by atoms with Crippen LogP contribution in [0.15, 0.2) is 24.3 Å². The van der Waals surface area contributed by atoms with Gasteiger partial charge in [-0.25, -0.2) is 14.2 Å². The molecule has 2 aromatic rings. The Morgan fingerprint density at radius 1 is 1.35 bits per heavy atom. The van der Waals surface area contributed by atoms with Crippen molar-refractivity contribution in [2.75, 3.05) is 46.5 Å². The summed E-state index contributed by atoms with van der Waals surface area (Å²) in [5.41, 5.74) is 0.932. The van der Waals surface area contributed by atoms with Crippen LogP contribution in [0, 0.1) is 17.7 Å². The number of nitrogens with zero attached hydrogens (tertiary/aromatic N) is 2. The van der Waals surface area contributed by atoms with E-state index < -0.39 is 12.0 Å². The third-order valence-electron chi connectivity index (χ3n) is 5.59. The normalized spacial score (nSPS) is 17.8. The van der Waals surface area contributed by atoms with Crippen LogP contribution in [0.2, 0.25) is 0 Å². The smallest absolute Gasteiger partial charge is 0.407 e. The molecule has 1 fully saturated rings. The van der Waals surface area contributed by atoms with E-state index in [1.807, 2.05) is 19.9 Å². The van der Waals surface area contributed by atoms with Crippen LogP contribution in [0.5, 0.6) is 5.88 Å². The van der Waals surface area contributed by atoms with E-state index in [9.17, 15) is 14.3 Å². The number of fused-ring (bicyclic) bond motifs is 1. The molecule has 7 nitrogen and oxygen atoms in total. The predicted molar refractivity (Wildman–Crippen MR) is 117 cm³/mol. The van der Waals surface area contributed by atoms with Crippen molar-refractivity contribution in [1.29, 1.82) is 0 Å². The predicted octanol–water partition coefficient (Wildman–Crippen LogP) is 3.16. The number of amides is 1. The zero-order chi connectivity index (χ0) is 22.4. The van der Waals surface area contributed by atoms with Gasteiger partial charge in [-0.15, -0.1) is 0 Å². The second-order valence-electron chi connectivity index (χ2n) is 8.55. The van der Waals surface area contributed by atoms with Crippen LogP contribution in [0.1, 0.15) is 31.7 Å². The molecular weight excluding hydrogens is 401 g/mol. The van der Waals surface area contributed by atoms with Gasteiger partial charge < -0.3 is 24.8 Å². The van der Waals surface area contributed by atoms with E-state index in [1.54, 1.807) is 12.1 Å². The lowest BCUT2D eigenvalue weighted by Crippen LogP contribution is -2.33. The minimum atomic E-state index is -0.411. The first kappa shape index (κ1) is 23.2. The SMILES string of the molecule is COc1ccc2ccc(F)c(C(CO)CN3CC[C@H](CNC(=O)OCC(C)C)C3)c2n1. The molecule has 170 valence electrons. The van der Waals surface area contributed by atoms with Gasteiger partial charge in [0.05, 0.1) is 25.8 Å². The van der Waals surface area contributed by atoms with Crippen molar-refractivity contribution in [3.63, 3.8) is 0 Å². The van der Waals surface area contributed by atoms with Gasteiger partial charge in [-0.2, -0.15) is 0 Å².